The highest BCUT2D eigenvalue weighted by Crippen LogP contribution is 2.53. The van der Waals surface area contributed by atoms with Crippen LogP contribution >= 0.6 is 0 Å². The van der Waals surface area contributed by atoms with Crippen molar-refractivity contribution in [2.45, 2.75) is 25.3 Å². The van der Waals surface area contributed by atoms with E-state index in [0.717, 1.165) is 31.1 Å². The predicted octanol–water partition coefficient (Wildman–Crippen LogP) is 3.65. The Bertz CT molecular complexity index is 977. The van der Waals surface area contributed by atoms with Crippen molar-refractivity contribution in [2.24, 2.45) is 17.8 Å². The van der Waals surface area contributed by atoms with E-state index in [9.17, 15) is 31.1 Å². The van der Waals surface area contributed by atoms with Crippen molar-refractivity contribution >= 4 is 23.5 Å². The lowest BCUT2D eigenvalue weighted by Crippen LogP contribution is -2.25. The van der Waals surface area contributed by atoms with Gasteiger partial charge in [-0.15, -0.1) is 0 Å². The minimum atomic E-state index is -5.08. The van der Waals surface area contributed by atoms with Gasteiger partial charge in [-0.25, -0.2) is 9.59 Å². The smallest absolute Gasteiger partial charge is 0.475 e. The van der Waals surface area contributed by atoms with Gasteiger partial charge >= 0.3 is 24.3 Å². The summed E-state index contributed by atoms with van der Waals surface area (Å²) >= 11 is 0. The summed E-state index contributed by atoms with van der Waals surface area (Å²) in [5.41, 5.74) is 0.776. The molecule has 1 saturated carbocycles. The summed E-state index contributed by atoms with van der Waals surface area (Å²) < 4.78 is 68.9. The molecular weight excluding hydrogens is 504 g/mol. The molecule has 9 nitrogen and oxygen atoms in total. The van der Waals surface area contributed by atoms with Crippen molar-refractivity contribution in [1.29, 1.82) is 0 Å². The molecule has 3 heterocycles. The molecule has 15 heteroatoms. The maximum atomic E-state index is 12.1. The van der Waals surface area contributed by atoms with Gasteiger partial charge in [-0.3, -0.25) is 14.7 Å². The summed E-state index contributed by atoms with van der Waals surface area (Å²) in [5.74, 6) is -2.49. The number of pyridine rings is 1. The molecule has 2 aliphatic rings. The lowest BCUT2D eigenvalue weighted by Gasteiger charge is -2.17. The second-order valence-corrected chi connectivity index (χ2v) is 7.86. The lowest BCUT2D eigenvalue weighted by atomic mass is 10.2. The number of aromatic nitrogens is 1. The van der Waals surface area contributed by atoms with E-state index in [1.54, 1.807) is 18.7 Å². The standard InChI is InChI=1S/C17H19N3O2.2C2HF3O2/c21-17(19-12-3-1-5-18-8-12)7-14-15-10-20(11-16(14)15)9-13-4-2-6-22-13;2*3-2(4,5)1(6)7/h1-6,8,14-16H,7,9-11H2,(H,19,21);2*(H,6,7)/t14?,15-,16+;;. The number of rotatable bonds is 5. The van der Waals surface area contributed by atoms with Crippen LogP contribution in [0.4, 0.5) is 32.0 Å². The highest BCUT2D eigenvalue weighted by atomic mass is 19.4. The van der Waals surface area contributed by atoms with Gasteiger partial charge in [0.2, 0.25) is 5.91 Å². The number of aliphatic carboxylic acids is 2. The molecule has 198 valence electrons. The van der Waals surface area contributed by atoms with Gasteiger partial charge in [0.15, 0.2) is 0 Å². The third-order valence-corrected chi connectivity index (χ3v) is 5.26. The van der Waals surface area contributed by atoms with Crippen LogP contribution in [0.15, 0.2) is 47.3 Å². The first-order valence-electron chi connectivity index (χ1n) is 10.2. The normalized spacial score (nSPS) is 20.7. The average Bonchev–Trinajstić information content (AvgIpc) is 3.15. The molecule has 2 fully saturated rings. The Kier molecular flexibility index (Phi) is 9.44. The van der Waals surface area contributed by atoms with E-state index in [0.29, 0.717) is 24.2 Å². The second kappa shape index (κ2) is 11.9. The molecule has 36 heavy (non-hydrogen) atoms. The number of nitrogens with zero attached hydrogens (tertiary/aromatic N) is 2. The van der Waals surface area contributed by atoms with Crippen molar-refractivity contribution in [1.82, 2.24) is 9.88 Å². The molecule has 1 amide bonds. The van der Waals surface area contributed by atoms with Crippen LogP contribution in [-0.4, -0.2) is 63.4 Å². The van der Waals surface area contributed by atoms with Gasteiger partial charge in [0.1, 0.15) is 5.76 Å². The molecule has 2 aromatic rings. The van der Waals surface area contributed by atoms with Gasteiger partial charge in [-0.2, -0.15) is 26.3 Å². The number of likely N-dealkylation sites (tertiary alicyclic amines) is 1. The number of carbonyl (C=O) groups is 3. The Labute approximate surface area is 199 Å². The van der Waals surface area contributed by atoms with E-state index in [4.69, 9.17) is 24.2 Å². The van der Waals surface area contributed by atoms with Crippen molar-refractivity contribution in [2.75, 3.05) is 18.4 Å². The van der Waals surface area contributed by atoms with Crippen LogP contribution in [0.2, 0.25) is 0 Å². The first kappa shape index (κ1) is 28.6. The Morgan fingerprint density at radius 1 is 1.00 bits per heavy atom. The van der Waals surface area contributed by atoms with Gasteiger partial charge in [0.25, 0.3) is 0 Å². The second-order valence-electron chi connectivity index (χ2n) is 7.86. The van der Waals surface area contributed by atoms with E-state index >= 15 is 0 Å². The van der Waals surface area contributed by atoms with E-state index in [-0.39, 0.29) is 5.91 Å². The number of nitrogens with one attached hydrogen (secondary N) is 1. The first-order chi connectivity index (χ1) is 16.7. The van der Waals surface area contributed by atoms with Gasteiger partial charge in [-0.05, 0) is 42.0 Å². The lowest BCUT2D eigenvalue weighted by molar-refractivity contribution is -0.193. The molecule has 3 atom stereocenters. The fourth-order valence-electron chi connectivity index (χ4n) is 3.65. The number of carboxylic acid groups (broad SMARTS) is 2. The topological polar surface area (TPSA) is 133 Å². The van der Waals surface area contributed by atoms with Crippen LogP contribution in [0.1, 0.15) is 12.2 Å². The number of alkyl halides is 6. The summed E-state index contributed by atoms with van der Waals surface area (Å²) in [6.45, 7) is 3.04. The number of piperidine rings is 1. The van der Waals surface area contributed by atoms with Gasteiger partial charge in [0, 0.05) is 25.7 Å². The average molecular weight is 525 g/mol. The Balaban J connectivity index is 0.000000271. The van der Waals surface area contributed by atoms with Crippen LogP contribution in [0, 0.1) is 17.8 Å². The third kappa shape index (κ3) is 9.20. The van der Waals surface area contributed by atoms with Crippen molar-refractivity contribution in [3.8, 4) is 0 Å². The quantitative estimate of drug-likeness (QED) is 0.504. The molecule has 1 aliphatic carbocycles. The van der Waals surface area contributed by atoms with E-state index < -0.39 is 24.3 Å². The number of amides is 1. The first-order valence-corrected chi connectivity index (χ1v) is 10.2. The van der Waals surface area contributed by atoms with Crippen molar-refractivity contribution < 1.29 is 55.4 Å². The number of halogens is 6. The van der Waals surface area contributed by atoms with Gasteiger partial charge < -0.3 is 19.9 Å². The summed E-state index contributed by atoms with van der Waals surface area (Å²) in [4.78, 5) is 36.3. The monoisotopic (exact) mass is 525 g/mol. The van der Waals surface area contributed by atoms with E-state index in [1.807, 2.05) is 24.3 Å². The van der Waals surface area contributed by atoms with Crippen LogP contribution in [0.3, 0.4) is 0 Å². The highest BCUT2D eigenvalue weighted by Gasteiger charge is 2.55. The molecule has 0 radical (unpaired) electrons. The zero-order chi connectivity index (χ0) is 27.1. The zero-order valence-corrected chi connectivity index (χ0v) is 18.3. The highest BCUT2D eigenvalue weighted by molar-refractivity contribution is 5.90. The Morgan fingerprint density at radius 2 is 1.56 bits per heavy atom. The summed E-state index contributed by atoms with van der Waals surface area (Å²) in [5, 5.41) is 17.2. The van der Waals surface area contributed by atoms with E-state index in [2.05, 4.69) is 15.2 Å². The molecule has 0 aromatic carbocycles. The summed E-state index contributed by atoms with van der Waals surface area (Å²) in [6, 6.07) is 7.64. The number of furan rings is 1. The van der Waals surface area contributed by atoms with Crippen LogP contribution in [0.5, 0.6) is 0 Å². The number of carboxylic acids is 2. The maximum Gasteiger partial charge on any atom is 0.490 e. The molecule has 1 aliphatic heterocycles. The zero-order valence-electron chi connectivity index (χ0n) is 18.3. The molecule has 0 spiro atoms. The number of fused-ring (bicyclic) bond motifs is 1. The van der Waals surface area contributed by atoms with Gasteiger partial charge in [-0.1, -0.05) is 0 Å². The summed E-state index contributed by atoms with van der Waals surface area (Å²) in [6.07, 6.45) is -4.44. The van der Waals surface area contributed by atoms with Crippen LogP contribution < -0.4 is 5.32 Å². The molecule has 3 N–H and O–H groups in total. The van der Waals surface area contributed by atoms with Crippen LogP contribution in [-0.2, 0) is 20.9 Å². The Hall–Kier alpha value is -3.62. The fourth-order valence-corrected chi connectivity index (χ4v) is 3.65. The third-order valence-electron chi connectivity index (χ3n) is 5.26. The fraction of sp³-hybridized carbons (Fsp3) is 0.429. The summed E-state index contributed by atoms with van der Waals surface area (Å²) in [7, 11) is 0. The van der Waals surface area contributed by atoms with Crippen LogP contribution in [0.25, 0.3) is 0 Å². The Morgan fingerprint density at radius 3 is 1.97 bits per heavy atom. The SMILES string of the molecule is O=C(CC1[C@H]2CN(Cc3ccco3)C[C@@H]12)Nc1cccnc1.O=C(O)C(F)(F)F.O=C(O)C(F)(F)F. The minimum Gasteiger partial charge on any atom is -0.475 e. The van der Waals surface area contributed by atoms with Gasteiger partial charge in [0.05, 0.1) is 24.7 Å². The molecule has 4 rings (SSSR count). The molecule has 0 bridgehead atoms. The predicted molar refractivity (Wildman–Crippen MR) is 109 cm³/mol. The number of hydrogen-bond acceptors (Lipinski definition) is 6. The number of hydrogen-bond donors (Lipinski definition) is 3. The maximum absolute atomic E-state index is 12.1. The molecular formula is C21H21F6N3O6. The molecule has 2 aromatic heterocycles. The van der Waals surface area contributed by atoms with Crippen molar-refractivity contribution in [3.05, 3.63) is 48.7 Å². The number of carbonyl (C=O) groups excluding carboxylic acids is 1. The number of anilines is 1. The molecule has 1 unspecified atom stereocenters. The van der Waals surface area contributed by atoms with Crippen molar-refractivity contribution in [3.63, 3.8) is 0 Å². The minimum absolute atomic E-state index is 0.102. The van der Waals surface area contributed by atoms with E-state index in [1.165, 1.54) is 0 Å². The largest absolute Gasteiger partial charge is 0.490 e. The molecule has 1 saturated heterocycles.